The number of piperazine rings is 1. The first-order valence-corrected chi connectivity index (χ1v) is 11.4. The van der Waals surface area contributed by atoms with Gasteiger partial charge in [0.25, 0.3) is 0 Å². The largest absolute Gasteiger partial charge is 0.496 e. The third-order valence-electron chi connectivity index (χ3n) is 6.72. The summed E-state index contributed by atoms with van der Waals surface area (Å²) in [6, 6.07) is 15.0. The lowest BCUT2D eigenvalue weighted by Gasteiger charge is -2.46. The highest BCUT2D eigenvalue weighted by Crippen LogP contribution is 2.39. The molecular formula is C25H29ClN2O4. The summed E-state index contributed by atoms with van der Waals surface area (Å²) in [5.41, 5.74) is 1.24. The molecule has 7 heteroatoms. The van der Waals surface area contributed by atoms with Crippen LogP contribution in [0, 0.1) is 0 Å². The van der Waals surface area contributed by atoms with Gasteiger partial charge in [0, 0.05) is 50.4 Å². The minimum absolute atomic E-state index is 0.00788. The Morgan fingerprint density at radius 2 is 1.75 bits per heavy atom. The molecule has 0 N–H and O–H groups in total. The first-order chi connectivity index (χ1) is 15.5. The van der Waals surface area contributed by atoms with Gasteiger partial charge >= 0.3 is 0 Å². The van der Waals surface area contributed by atoms with Gasteiger partial charge in [0.15, 0.2) is 0 Å². The number of nitrogens with zero attached hydrogens (tertiary/aromatic N) is 2. The number of carbonyl (C=O) groups is 2. The van der Waals surface area contributed by atoms with Crippen molar-refractivity contribution in [3.05, 3.63) is 64.7 Å². The van der Waals surface area contributed by atoms with Crippen molar-refractivity contribution in [3.63, 3.8) is 0 Å². The average molecular weight is 457 g/mol. The number of rotatable bonds is 4. The SMILES string of the molecule is COc1ccccc1[C@H]1CN(C(=O)C2(c3ccc(Cl)cc3)CCOCC2)CCN1C(C)=O. The van der Waals surface area contributed by atoms with Crippen molar-refractivity contribution >= 4 is 23.4 Å². The maximum atomic E-state index is 14.1. The summed E-state index contributed by atoms with van der Waals surface area (Å²) in [5.74, 6) is 0.800. The Hall–Kier alpha value is -2.57. The van der Waals surface area contributed by atoms with Gasteiger partial charge in [-0.15, -0.1) is 0 Å². The van der Waals surface area contributed by atoms with Crippen LogP contribution in [0.1, 0.15) is 36.9 Å². The molecule has 2 aliphatic heterocycles. The van der Waals surface area contributed by atoms with Crippen LogP contribution in [-0.4, -0.2) is 61.6 Å². The second-order valence-corrected chi connectivity index (χ2v) is 8.86. The number of carbonyl (C=O) groups excluding carboxylic acids is 2. The van der Waals surface area contributed by atoms with Crippen LogP contribution >= 0.6 is 11.6 Å². The molecule has 1 atom stereocenters. The number of amides is 2. The minimum atomic E-state index is -0.646. The lowest BCUT2D eigenvalue weighted by Crippen LogP contribution is -2.57. The number of halogens is 1. The zero-order valence-corrected chi connectivity index (χ0v) is 19.3. The normalized spacial score (nSPS) is 20.7. The van der Waals surface area contributed by atoms with Gasteiger partial charge < -0.3 is 19.3 Å². The summed E-state index contributed by atoms with van der Waals surface area (Å²) in [5, 5.41) is 0.648. The highest BCUT2D eigenvalue weighted by molar-refractivity contribution is 6.30. The molecule has 2 saturated heterocycles. The standard InChI is InChI=1S/C25H29ClN2O4/c1-18(29)28-14-13-27(17-22(28)21-5-3-4-6-23(21)31-2)24(30)25(11-15-32-16-12-25)19-7-9-20(26)10-8-19/h3-10,22H,11-17H2,1-2H3/t22-/m1/s1. The Balaban J connectivity index is 1.68. The summed E-state index contributed by atoms with van der Waals surface area (Å²) in [4.78, 5) is 30.2. The topological polar surface area (TPSA) is 59.1 Å². The first-order valence-electron chi connectivity index (χ1n) is 11.0. The molecule has 2 aromatic carbocycles. The zero-order chi connectivity index (χ0) is 22.7. The third kappa shape index (κ3) is 4.21. The Morgan fingerprint density at radius 1 is 1.06 bits per heavy atom. The van der Waals surface area contributed by atoms with Crippen LogP contribution in [-0.2, 0) is 19.7 Å². The van der Waals surface area contributed by atoms with Crippen LogP contribution in [0.25, 0.3) is 0 Å². The Bertz CT molecular complexity index is 972. The van der Waals surface area contributed by atoms with Crippen LogP contribution in [0.2, 0.25) is 5.02 Å². The maximum Gasteiger partial charge on any atom is 0.233 e. The van der Waals surface area contributed by atoms with Crippen molar-refractivity contribution in [2.75, 3.05) is 40.0 Å². The van der Waals surface area contributed by atoms with Gasteiger partial charge in [-0.3, -0.25) is 9.59 Å². The number of methoxy groups -OCH3 is 1. The maximum absolute atomic E-state index is 14.1. The van der Waals surface area contributed by atoms with E-state index in [2.05, 4.69) is 0 Å². The minimum Gasteiger partial charge on any atom is -0.496 e. The van der Waals surface area contributed by atoms with Crippen molar-refractivity contribution in [1.29, 1.82) is 0 Å². The monoisotopic (exact) mass is 456 g/mol. The molecule has 0 aromatic heterocycles. The van der Waals surface area contributed by atoms with E-state index in [1.807, 2.05) is 58.3 Å². The third-order valence-corrected chi connectivity index (χ3v) is 6.97. The quantitative estimate of drug-likeness (QED) is 0.701. The van der Waals surface area contributed by atoms with Crippen LogP contribution in [0.15, 0.2) is 48.5 Å². The lowest BCUT2D eigenvalue weighted by molar-refractivity contribution is -0.148. The number of hydrogen-bond acceptors (Lipinski definition) is 4. The summed E-state index contributed by atoms with van der Waals surface area (Å²) in [7, 11) is 1.63. The van der Waals surface area contributed by atoms with Crippen LogP contribution in [0.5, 0.6) is 5.75 Å². The van der Waals surface area contributed by atoms with Gasteiger partial charge in [-0.2, -0.15) is 0 Å². The summed E-state index contributed by atoms with van der Waals surface area (Å²) in [6.07, 6.45) is 1.25. The molecule has 170 valence electrons. The molecular weight excluding hydrogens is 428 g/mol. The van der Waals surface area contributed by atoms with Crippen LogP contribution < -0.4 is 4.74 Å². The van der Waals surface area contributed by atoms with E-state index in [4.69, 9.17) is 21.1 Å². The predicted molar refractivity (Wildman–Crippen MR) is 123 cm³/mol. The zero-order valence-electron chi connectivity index (χ0n) is 18.6. The molecule has 0 unspecified atom stereocenters. The molecule has 32 heavy (non-hydrogen) atoms. The van der Waals surface area contributed by atoms with E-state index in [1.165, 1.54) is 0 Å². The number of hydrogen-bond donors (Lipinski definition) is 0. The van der Waals surface area contributed by atoms with Gasteiger partial charge in [0.05, 0.1) is 18.6 Å². The van der Waals surface area contributed by atoms with E-state index in [9.17, 15) is 9.59 Å². The molecule has 0 bridgehead atoms. The number of para-hydroxylation sites is 1. The fraction of sp³-hybridized carbons (Fsp3) is 0.440. The second kappa shape index (κ2) is 9.51. The molecule has 2 fully saturated rings. The molecule has 2 heterocycles. The van der Waals surface area contributed by atoms with Gasteiger partial charge in [-0.25, -0.2) is 0 Å². The number of benzene rings is 2. The Labute approximate surface area is 194 Å². The molecule has 0 aliphatic carbocycles. The average Bonchev–Trinajstić information content (AvgIpc) is 2.84. The van der Waals surface area contributed by atoms with E-state index in [0.29, 0.717) is 50.7 Å². The fourth-order valence-corrected chi connectivity index (χ4v) is 5.10. The highest BCUT2D eigenvalue weighted by atomic mass is 35.5. The molecule has 0 spiro atoms. The molecule has 0 radical (unpaired) electrons. The fourth-order valence-electron chi connectivity index (χ4n) is 4.97. The van der Waals surface area contributed by atoms with E-state index in [0.717, 1.165) is 16.9 Å². The van der Waals surface area contributed by atoms with Gasteiger partial charge in [-0.05, 0) is 36.6 Å². The highest BCUT2D eigenvalue weighted by Gasteiger charge is 2.46. The van der Waals surface area contributed by atoms with E-state index < -0.39 is 5.41 Å². The molecule has 4 rings (SSSR count). The van der Waals surface area contributed by atoms with Crippen molar-refractivity contribution in [2.45, 2.75) is 31.2 Å². The Kier molecular flexibility index (Phi) is 6.72. The van der Waals surface area contributed by atoms with E-state index in [1.54, 1.807) is 14.0 Å². The van der Waals surface area contributed by atoms with Gasteiger partial charge in [-0.1, -0.05) is 41.9 Å². The van der Waals surface area contributed by atoms with Crippen molar-refractivity contribution < 1.29 is 19.1 Å². The molecule has 0 saturated carbocycles. The molecule has 6 nitrogen and oxygen atoms in total. The van der Waals surface area contributed by atoms with Crippen LogP contribution in [0.3, 0.4) is 0 Å². The van der Waals surface area contributed by atoms with Crippen molar-refractivity contribution in [1.82, 2.24) is 9.80 Å². The van der Waals surface area contributed by atoms with Gasteiger partial charge in [0.2, 0.25) is 11.8 Å². The van der Waals surface area contributed by atoms with E-state index >= 15 is 0 Å². The lowest BCUT2D eigenvalue weighted by atomic mass is 9.72. The summed E-state index contributed by atoms with van der Waals surface area (Å²) in [6.45, 7) is 4.06. The molecule has 2 aromatic rings. The van der Waals surface area contributed by atoms with Crippen molar-refractivity contribution in [2.24, 2.45) is 0 Å². The second-order valence-electron chi connectivity index (χ2n) is 8.42. The predicted octanol–water partition coefficient (Wildman–Crippen LogP) is 3.83. The first kappa shape index (κ1) is 22.6. The summed E-state index contributed by atoms with van der Waals surface area (Å²) < 4.78 is 11.2. The Morgan fingerprint density at radius 3 is 2.41 bits per heavy atom. The molecule has 2 amide bonds. The van der Waals surface area contributed by atoms with Crippen molar-refractivity contribution in [3.8, 4) is 5.75 Å². The van der Waals surface area contributed by atoms with Gasteiger partial charge in [0.1, 0.15) is 5.75 Å². The summed E-state index contributed by atoms with van der Waals surface area (Å²) >= 11 is 6.12. The smallest absolute Gasteiger partial charge is 0.233 e. The van der Waals surface area contributed by atoms with E-state index in [-0.39, 0.29) is 17.9 Å². The van der Waals surface area contributed by atoms with Crippen LogP contribution in [0.4, 0.5) is 0 Å². The molecule has 2 aliphatic rings. The number of ether oxygens (including phenoxy) is 2.